The van der Waals surface area contributed by atoms with Crippen molar-refractivity contribution in [3.05, 3.63) is 0 Å². The van der Waals surface area contributed by atoms with E-state index < -0.39 is 223 Å². The lowest BCUT2D eigenvalue weighted by Crippen LogP contribution is -2.71. The number of aldehydes is 1. The van der Waals surface area contributed by atoms with Gasteiger partial charge in [-0.3, -0.25) is 0 Å². The lowest BCUT2D eigenvalue weighted by atomic mass is 9.79. The maximum Gasteiger partial charge on any atom is 0.187 e. The van der Waals surface area contributed by atoms with Gasteiger partial charge in [-0.1, -0.05) is 0 Å². The Bertz CT molecular complexity index is 1590. The van der Waals surface area contributed by atoms with E-state index in [9.17, 15) is 107 Å². The van der Waals surface area contributed by atoms with Crippen molar-refractivity contribution >= 4 is 6.29 Å². The van der Waals surface area contributed by atoms with Crippen molar-refractivity contribution in [3.63, 3.8) is 0 Å². The Morgan fingerprint density at radius 2 is 0.912 bits per heavy atom. The van der Waals surface area contributed by atoms with Crippen LogP contribution in [0.25, 0.3) is 0 Å². The van der Waals surface area contributed by atoms with Gasteiger partial charge >= 0.3 is 0 Å². The molecule has 6 aliphatic rings. The van der Waals surface area contributed by atoms with Gasteiger partial charge in [-0.05, 0) is 0 Å². The maximum atomic E-state index is 11.2. The van der Waals surface area contributed by atoms with Gasteiger partial charge in [0.25, 0.3) is 0 Å². The second kappa shape index (κ2) is 23.1. The van der Waals surface area contributed by atoms with Crippen LogP contribution in [-0.4, -0.2) is 331 Å². The first-order chi connectivity index (χ1) is 32.2. The first-order valence-corrected chi connectivity index (χ1v) is 21.5. The van der Waals surface area contributed by atoms with Crippen molar-refractivity contribution in [2.45, 2.75) is 183 Å². The molecular formula is C37H63NO30. The summed E-state index contributed by atoms with van der Waals surface area (Å²) in [7, 11) is 0. The number of rotatable bonds is 20. The summed E-state index contributed by atoms with van der Waals surface area (Å²) in [6.07, 6.45) is -51.9. The summed E-state index contributed by atoms with van der Waals surface area (Å²) in [5.41, 5.74) is -1.65. The third-order valence-electron chi connectivity index (χ3n) is 13.2. The van der Waals surface area contributed by atoms with E-state index in [1.54, 1.807) is 0 Å². The fourth-order valence-electron chi connectivity index (χ4n) is 9.12. The van der Waals surface area contributed by atoms with Crippen LogP contribution in [0.15, 0.2) is 0 Å². The Morgan fingerprint density at radius 3 is 1.32 bits per heavy atom. The van der Waals surface area contributed by atoms with Gasteiger partial charge in [0, 0.05) is 0 Å². The fourth-order valence-corrected chi connectivity index (χ4v) is 9.12. The zero-order valence-corrected chi connectivity index (χ0v) is 35.6. The van der Waals surface area contributed by atoms with Crippen molar-refractivity contribution in [1.82, 2.24) is 5.32 Å². The van der Waals surface area contributed by atoms with Gasteiger partial charge < -0.3 is 155 Å². The van der Waals surface area contributed by atoms with E-state index in [0.29, 0.717) is 0 Å². The summed E-state index contributed by atoms with van der Waals surface area (Å²) in [5, 5.41) is 213. The Hall–Kier alpha value is -1.53. The molecule has 5 saturated heterocycles. The van der Waals surface area contributed by atoms with Gasteiger partial charge in [0.2, 0.25) is 0 Å². The molecule has 396 valence electrons. The Balaban J connectivity index is 1.08. The molecule has 0 radical (unpaired) electrons. The summed E-state index contributed by atoms with van der Waals surface area (Å²) in [5.74, 6) is 0. The quantitative estimate of drug-likeness (QED) is 0.0398. The van der Waals surface area contributed by atoms with Crippen LogP contribution < -0.4 is 5.32 Å². The highest BCUT2D eigenvalue weighted by Gasteiger charge is 2.72. The zero-order chi connectivity index (χ0) is 50.3. The lowest BCUT2D eigenvalue weighted by molar-refractivity contribution is -0.389. The molecule has 6 fully saturated rings. The predicted octanol–water partition coefficient (Wildman–Crippen LogP) is -14.9. The minimum atomic E-state index is -2.20. The van der Waals surface area contributed by atoms with Crippen LogP contribution in [0.5, 0.6) is 0 Å². The molecule has 0 bridgehead atoms. The second-order valence-electron chi connectivity index (χ2n) is 17.4. The molecule has 0 unspecified atom stereocenters. The molecular weight excluding hydrogens is 938 g/mol. The smallest absolute Gasteiger partial charge is 0.187 e. The predicted molar refractivity (Wildman–Crippen MR) is 205 cm³/mol. The molecule has 31 nitrogen and oxygen atoms in total. The largest absolute Gasteiger partial charge is 0.394 e. The highest BCUT2D eigenvalue weighted by atomic mass is 16.8. The SMILES string of the molecule is O=C[C@H](O)[C@H](O)[C@H](O[C@H]1O[C@H](CO)[C@H](O[C@H]2O[C@H](CO)[C@H](O[C@H]3O[C@H](CO)[C@H](O[C@H]4O[C@H](CO)[C@H](N[C@@H]5[C@H](O)[C@@H](O)[C@H](O)[C@]6(CO)O[C@H]56)[C@H](O)[C@H]4O)[C@@H](O)[C@H]3O)[C@@H](O)[C@H]2O)[C@@H](O)[C@H]1O)[C@H](O)CO. The van der Waals surface area contributed by atoms with Crippen LogP contribution >= 0.6 is 0 Å². The van der Waals surface area contributed by atoms with Gasteiger partial charge in [-0.25, -0.2) is 0 Å². The molecule has 1 aliphatic carbocycles. The fraction of sp³-hybridized carbons (Fsp3) is 0.973. The van der Waals surface area contributed by atoms with Crippen LogP contribution in [0.3, 0.4) is 0 Å². The minimum absolute atomic E-state index is 0.121. The van der Waals surface area contributed by atoms with Gasteiger partial charge in [0.05, 0.1) is 51.7 Å². The van der Waals surface area contributed by atoms with Crippen molar-refractivity contribution in [3.8, 4) is 0 Å². The standard InChI is InChI=1S/C37H63NO30/c39-1-8(46)16(48)27(9(47)2-40)64-34-24(56)19(51)29(11(4-42)61-34)66-36-26(58)21(53)30(13(6-44)63-36)67-35-25(57)20(52)28(12(5-43)62-35)65-33-23(55)17(49)14(10(3-41)60-33)38-15-18(50)22(54)31(59)37(7-45)32(15)68-37/h1,8-36,38,40-59H,2-7H2/t8-,9+,10+,11+,12+,13+,14-,15+,16-,17-,18-,19-,20-,21-,22+,23+,24+,25+,26+,27+,28-,29-,30-,31-,32+,33+,34+,35+,36+,37-/m0/s1. The average Bonchev–Trinajstić information content (AvgIpc) is 4.09. The van der Waals surface area contributed by atoms with E-state index in [1.807, 2.05) is 0 Å². The average molecular weight is 1000 g/mol. The first-order valence-electron chi connectivity index (χ1n) is 21.5. The number of carbonyl (C=O) groups is 1. The molecule has 0 amide bonds. The van der Waals surface area contributed by atoms with E-state index in [2.05, 4.69) is 5.32 Å². The molecule has 31 heteroatoms. The summed E-state index contributed by atoms with van der Waals surface area (Å²) in [6, 6.07) is -2.73. The van der Waals surface area contributed by atoms with E-state index >= 15 is 0 Å². The van der Waals surface area contributed by atoms with E-state index in [4.69, 9.17) is 42.6 Å². The molecule has 6 rings (SSSR count). The molecule has 5 heterocycles. The van der Waals surface area contributed by atoms with Crippen molar-refractivity contribution in [1.29, 1.82) is 0 Å². The van der Waals surface area contributed by atoms with Gasteiger partial charge in [0.15, 0.2) is 31.4 Å². The van der Waals surface area contributed by atoms with E-state index in [1.165, 1.54) is 0 Å². The normalized spacial score (nSPS) is 50.4. The van der Waals surface area contributed by atoms with Crippen LogP contribution in [0.1, 0.15) is 0 Å². The number of ether oxygens (including phenoxy) is 9. The number of epoxide rings is 1. The third-order valence-corrected chi connectivity index (χ3v) is 13.2. The maximum absolute atomic E-state index is 11.2. The van der Waals surface area contributed by atoms with Crippen molar-refractivity contribution in [2.24, 2.45) is 0 Å². The molecule has 1 saturated carbocycles. The third kappa shape index (κ3) is 10.6. The molecule has 0 spiro atoms. The van der Waals surface area contributed by atoms with E-state index in [0.717, 1.165) is 0 Å². The Kier molecular flexibility index (Phi) is 19.0. The summed E-state index contributed by atoms with van der Waals surface area (Å²) in [4.78, 5) is 11.0. The van der Waals surface area contributed by atoms with Crippen molar-refractivity contribution in [2.75, 3.05) is 39.6 Å². The van der Waals surface area contributed by atoms with Crippen LogP contribution in [0.2, 0.25) is 0 Å². The van der Waals surface area contributed by atoms with Crippen LogP contribution in [0, 0.1) is 0 Å². The number of carbonyl (C=O) groups excluding carboxylic acids is 1. The Morgan fingerprint density at radius 1 is 0.515 bits per heavy atom. The molecule has 5 aliphatic heterocycles. The summed E-state index contributed by atoms with van der Waals surface area (Å²) in [6.45, 7) is -5.81. The van der Waals surface area contributed by atoms with Gasteiger partial charge in [-0.15, -0.1) is 0 Å². The highest BCUT2D eigenvalue weighted by Crippen LogP contribution is 2.48. The summed E-state index contributed by atoms with van der Waals surface area (Å²) >= 11 is 0. The topological polar surface area (TPSA) is 520 Å². The van der Waals surface area contributed by atoms with Crippen LogP contribution in [0.4, 0.5) is 0 Å². The van der Waals surface area contributed by atoms with E-state index in [-0.39, 0.29) is 6.29 Å². The lowest BCUT2D eigenvalue weighted by Gasteiger charge is -2.49. The second-order valence-corrected chi connectivity index (χ2v) is 17.4. The number of aliphatic hydroxyl groups excluding tert-OH is 20. The molecule has 0 aromatic heterocycles. The van der Waals surface area contributed by atoms with Crippen LogP contribution in [-0.2, 0) is 47.4 Å². The Labute approximate surface area is 383 Å². The monoisotopic (exact) mass is 1000 g/mol. The number of hydrogen-bond donors (Lipinski definition) is 21. The van der Waals surface area contributed by atoms with Gasteiger partial charge in [0.1, 0.15) is 146 Å². The molecule has 30 atom stereocenters. The zero-order valence-electron chi connectivity index (χ0n) is 35.6. The van der Waals surface area contributed by atoms with Crippen molar-refractivity contribution < 1.29 is 150 Å². The number of hydrogen-bond acceptors (Lipinski definition) is 31. The molecule has 0 aromatic carbocycles. The molecule has 21 N–H and O–H groups in total. The molecule has 0 aromatic rings. The molecule has 68 heavy (non-hydrogen) atoms. The number of aliphatic hydroxyl groups is 20. The minimum Gasteiger partial charge on any atom is -0.394 e. The van der Waals surface area contributed by atoms with Gasteiger partial charge in [-0.2, -0.15) is 0 Å². The highest BCUT2D eigenvalue weighted by molar-refractivity contribution is 5.56. The number of fused-ring (bicyclic) bond motifs is 1. The first kappa shape index (κ1) is 55.8. The number of nitrogens with one attached hydrogen (secondary N) is 1. The summed E-state index contributed by atoms with van der Waals surface area (Å²) < 4.78 is 50.0.